The zero-order valence-corrected chi connectivity index (χ0v) is 13.1. The van der Waals surface area contributed by atoms with Crippen molar-refractivity contribution < 1.29 is 4.52 Å². The van der Waals surface area contributed by atoms with Gasteiger partial charge in [0.2, 0.25) is 0 Å². The molecule has 22 heavy (non-hydrogen) atoms. The zero-order chi connectivity index (χ0) is 15.5. The summed E-state index contributed by atoms with van der Waals surface area (Å²) in [6.07, 6.45) is 0.700. The number of nitrogens with one attached hydrogen (secondary N) is 2. The van der Waals surface area contributed by atoms with Crippen molar-refractivity contribution in [2.75, 3.05) is 7.05 Å². The summed E-state index contributed by atoms with van der Waals surface area (Å²) in [5.74, 6) is 1.08. The smallest absolute Gasteiger partial charge is 0.275 e. The summed E-state index contributed by atoms with van der Waals surface area (Å²) in [5.41, 5.74) is 2.27. The van der Waals surface area contributed by atoms with Gasteiger partial charge in [0.25, 0.3) is 5.89 Å². The van der Waals surface area contributed by atoms with Crippen LogP contribution in [-0.2, 0) is 6.42 Å². The van der Waals surface area contributed by atoms with Crippen molar-refractivity contribution in [3.8, 4) is 22.8 Å². The van der Waals surface area contributed by atoms with E-state index in [-0.39, 0.29) is 6.04 Å². The van der Waals surface area contributed by atoms with Gasteiger partial charge in [-0.2, -0.15) is 10.1 Å². The first-order valence-corrected chi connectivity index (χ1v) is 7.35. The lowest BCUT2D eigenvalue weighted by Crippen LogP contribution is -2.24. The molecule has 2 N–H and O–H groups in total. The van der Waals surface area contributed by atoms with Crippen LogP contribution in [0.5, 0.6) is 0 Å². The second kappa shape index (κ2) is 6.29. The summed E-state index contributed by atoms with van der Waals surface area (Å²) in [6, 6.07) is 9.67. The normalized spacial score (nSPS) is 12.5. The molecule has 114 valence electrons. The molecule has 3 rings (SSSR count). The highest BCUT2D eigenvalue weighted by molar-refractivity contribution is 6.33. The predicted molar refractivity (Wildman–Crippen MR) is 84.6 cm³/mol. The Balaban J connectivity index is 1.84. The summed E-state index contributed by atoms with van der Waals surface area (Å²) in [5, 5.41) is 14.9. The topological polar surface area (TPSA) is 79.6 Å². The number of aromatic amines is 1. The largest absolute Gasteiger partial charge is 0.332 e. The number of rotatable bonds is 5. The monoisotopic (exact) mass is 317 g/mol. The van der Waals surface area contributed by atoms with Gasteiger partial charge in [0.1, 0.15) is 5.69 Å². The van der Waals surface area contributed by atoms with Gasteiger partial charge in [-0.25, -0.2) is 0 Å². The summed E-state index contributed by atoms with van der Waals surface area (Å²) in [7, 11) is 1.90. The van der Waals surface area contributed by atoms with E-state index in [2.05, 4.69) is 32.6 Å². The summed E-state index contributed by atoms with van der Waals surface area (Å²) in [6.45, 7) is 2.06. The number of H-pyrrole nitrogens is 1. The third-order valence-corrected chi connectivity index (χ3v) is 3.74. The summed E-state index contributed by atoms with van der Waals surface area (Å²) < 4.78 is 5.28. The predicted octanol–water partition coefficient (Wildman–Crippen LogP) is 2.93. The van der Waals surface area contributed by atoms with Crippen LogP contribution in [0.3, 0.4) is 0 Å². The maximum atomic E-state index is 6.18. The molecular weight excluding hydrogens is 302 g/mol. The van der Waals surface area contributed by atoms with E-state index in [1.54, 1.807) is 0 Å². The number of hydrogen-bond acceptors (Lipinski definition) is 5. The third-order valence-electron chi connectivity index (χ3n) is 3.41. The lowest BCUT2D eigenvalue weighted by Gasteiger charge is -2.04. The molecule has 0 aliphatic rings. The van der Waals surface area contributed by atoms with E-state index in [0.29, 0.717) is 28.9 Å². The molecule has 0 aliphatic heterocycles. The molecule has 0 amide bonds. The van der Waals surface area contributed by atoms with Crippen LogP contribution in [-0.4, -0.2) is 33.4 Å². The maximum absolute atomic E-state index is 6.18. The van der Waals surface area contributed by atoms with Crippen LogP contribution >= 0.6 is 11.6 Å². The van der Waals surface area contributed by atoms with Crippen LogP contribution in [0.1, 0.15) is 12.7 Å². The maximum Gasteiger partial charge on any atom is 0.275 e. The molecule has 0 radical (unpaired) electrons. The van der Waals surface area contributed by atoms with Crippen LogP contribution < -0.4 is 5.32 Å². The molecule has 0 fully saturated rings. The van der Waals surface area contributed by atoms with E-state index >= 15 is 0 Å². The minimum absolute atomic E-state index is 0.283. The Morgan fingerprint density at radius 3 is 2.95 bits per heavy atom. The molecule has 1 atom stereocenters. The third kappa shape index (κ3) is 3.03. The first kappa shape index (κ1) is 14.7. The molecule has 2 aromatic heterocycles. The van der Waals surface area contributed by atoms with Crippen molar-refractivity contribution in [2.24, 2.45) is 0 Å². The van der Waals surface area contributed by atoms with Crippen molar-refractivity contribution >= 4 is 11.6 Å². The first-order chi connectivity index (χ1) is 10.7. The van der Waals surface area contributed by atoms with E-state index in [1.165, 1.54) is 0 Å². The Kier molecular flexibility index (Phi) is 4.22. The van der Waals surface area contributed by atoms with Gasteiger partial charge in [-0.3, -0.25) is 5.10 Å². The number of hydrogen-bond donors (Lipinski definition) is 2. The molecule has 6 nitrogen and oxygen atoms in total. The lowest BCUT2D eigenvalue weighted by atomic mass is 10.1. The highest BCUT2D eigenvalue weighted by atomic mass is 35.5. The van der Waals surface area contributed by atoms with Crippen molar-refractivity contribution in [1.82, 2.24) is 25.7 Å². The van der Waals surface area contributed by atoms with Gasteiger partial charge < -0.3 is 9.84 Å². The fraction of sp³-hybridized carbons (Fsp3) is 0.267. The van der Waals surface area contributed by atoms with Gasteiger partial charge in [0.05, 0.1) is 10.7 Å². The molecule has 0 saturated heterocycles. The van der Waals surface area contributed by atoms with E-state index in [9.17, 15) is 0 Å². The van der Waals surface area contributed by atoms with E-state index in [0.717, 1.165) is 11.3 Å². The van der Waals surface area contributed by atoms with Gasteiger partial charge in [-0.1, -0.05) is 35.0 Å². The Morgan fingerprint density at radius 1 is 1.36 bits per heavy atom. The van der Waals surface area contributed by atoms with Crippen molar-refractivity contribution in [1.29, 1.82) is 0 Å². The van der Waals surface area contributed by atoms with Crippen LogP contribution in [0.4, 0.5) is 0 Å². The number of aromatic nitrogens is 4. The molecule has 0 bridgehead atoms. The minimum atomic E-state index is 0.283. The lowest BCUT2D eigenvalue weighted by molar-refractivity contribution is 0.417. The van der Waals surface area contributed by atoms with Gasteiger partial charge in [-0.05, 0) is 26.1 Å². The Morgan fingerprint density at radius 2 is 2.18 bits per heavy atom. The molecule has 7 heteroatoms. The van der Waals surface area contributed by atoms with E-state index in [4.69, 9.17) is 16.1 Å². The van der Waals surface area contributed by atoms with E-state index in [1.807, 2.05) is 37.4 Å². The molecule has 2 heterocycles. The second-order valence-electron chi connectivity index (χ2n) is 5.06. The fourth-order valence-corrected chi connectivity index (χ4v) is 2.29. The van der Waals surface area contributed by atoms with Crippen LogP contribution in [0.2, 0.25) is 5.02 Å². The summed E-state index contributed by atoms with van der Waals surface area (Å²) in [4.78, 5) is 4.38. The quantitative estimate of drug-likeness (QED) is 0.756. The summed E-state index contributed by atoms with van der Waals surface area (Å²) >= 11 is 6.18. The van der Waals surface area contributed by atoms with Crippen LogP contribution in [0.15, 0.2) is 34.9 Å². The number of halogens is 1. The highest BCUT2D eigenvalue weighted by Crippen LogP contribution is 2.28. The van der Waals surface area contributed by atoms with Crippen molar-refractivity contribution in [3.05, 3.63) is 41.2 Å². The first-order valence-electron chi connectivity index (χ1n) is 6.98. The molecule has 0 aliphatic carbocycles. The van der Waals surface area contributed by atoms with Gasteiger partial charge in [-0.15, -0.1) is 0 Å². The van der Waals surface area contributed by atoms with Crippen molar-refractivity contribution in [2.45, 2.75) is 19.4 Å². The average molecular weight is 318 g/mol. The molecule has 0 saturated carbocycles. The second-order valence-corrected chi connectivity index (χ2v) is 5.46. The minimum Gasteiger partial charge on any atom is -0.332 e. The van der Waals surface area contributed by atoms with E-state index < -0.39 is 0 Å². The molecule has 1 aromatic carbocycles. The molecule has 0 spiro atoms. The Bertz CT molecular complexity index is 767. The van der Waals surface area contributed by atoms with Crippen molar-refractivity contribution in [3.63, 3.8) is 0 Å². The molecule has 1 unspecified atom stereocenters. The number of likely N-dealkylation sites (N-methyl/N-ethyl adjacent to an activating group) is 1. The zero-order valence-electron chi connectivity index (χ0n) is 12.3. The van der Waals surface area contributed by atoms with Gasteiger partial charge in [0.15, 0.2) is 5.82 Å². The SMILES string of the molecule is CNC(C)Cc1noc(-c2cc(-c3ccccc3Cl)n[nH]2)n1. The number of benzene rings is 1. The molecule has 3 aromatic rings. The highest BCUT2D eigenvalue weighted by Gasteiger charge is 2.15. The van der Waals surface area contributed by atoms with Crippen LogP contribution in [0, 0.1) is 0 Å². The molecular formula is C15H16ClN5O. The fourth-order valence-electron chi connectivity index (χ4n) is 2.06. The number of nitrogens with zero attached hydrogens (tertiary/aromatic N) is 3. The standard InChI is InChI=1S/C15H16ClN5O/c1-9(17-2)7-14-18-15(22-21-14)13-8-12(19-20-13)10-5-3-4-6-11(10)16/h3-6,8-9,17H,7H2,1-2H3,(H,19,20). The Labute approximate surface area is 132 Å². The van der Waals surface area contributed by atoms with Gasteiger partial charge >= 0.3 is 0 Å². The average Bonchev–Trinajstić information content (AvgIpc) is 3.16. The van der Waals surface area contributed by atoms with Crippen LogP contribution in [0.25, 0.3) is 22.8 Å². The van der Waals surface area contributed by atoms with Gasteiger partial charge in [0, 0.05) is 18.0 Å². The Hall–Kier alpha value is -2.18.